The zero-order valence-electron chi connectivity index (χ0n) is 12.3. The summed E-state index contributed by atoms with van der Waals surface area (Å²) in [6.45, 7) is 2.70. The number of hydrogen-bond donors (Lipinski definition) is 1. The topological polar surface area (TPSA) is 29.5 Å². The molecule has 0 aromatic heterocycles. The van der Waals surface area contributed by atoms with E-state index in [1.165, 1.54) is 12.8 Å². The lowest BCUT2D eigenvalue weighted by Crippen LogP contribution is -2.46. The normalized spacial score (nSPS) is 20.4. The molecule has 0 heterocycles. The van der Waals surface area contributed by atoms with Crippen LogP contribution in [0, 0.1) is 0 Å². The molecule has 1 aromatic rings. The standard InChI is InChI=1S/C17H25BrO2/c1-2-20-17(10-5-3-4-6-11-17)16(19)13-14-8-7-9-15(18)12-14/h7-9,12,16,19H,2-6,10-11,13H2,1H3. The third-order valence-electron chi connectivity index (χ3n) is 4.31. The van der Waals surface area contributed by atoms with Crippen molar-refractivity contribution in [2.45, 2.75) is 63.6 Å². The van der Waals surface area contributed by atoms with Gasteiger partial charge in [0.1, 0.15) is 0 Å². The smallest absolute Gasteiger partial charge is 0.0943 e. The fourth-order valence-electron chi connectivity index (χ4n) is 3.26. The van der Waals surface area contributed by atoms with E-state index in [1.54, 1.807) is 0 Å². The molecular formula is C17H25BrO2. The number of rotatable bonds is 5. The molecule has 2 nitrogen and oxygen atoms in total. The summed E-state index contributed by atoms with van der Waals surface area (Å²) in [4.78, 5) is 0. The van der Waals surface area contributed by atoms with Crippen LogP contribution >= 0.6 is 15.9 Å². The molecule has 2 rings (SSSR count). The third kappa shape index (κ3) is 4.06. The summed E-state index contributed by atoms with van der Waals surface area (Å²) in [6.07, 6.45) is 7.06. The monoisotopic (exact) mass is 340 g/mol. The quantitative estimate of drug-likeness (QED) is 0.800. The molecule has 0 bridgehead atoms. The number of halogens is 1. The molecular weight excluding hydrogens is 316 g/mol. The van der Waals surface area contributed by atoms with Gasteiger partial charge in [-0.15, -0.1) is 0 Å². The molecule has 20 heavy (non-hydrogen) atoms. The van der Waals surface area contributed by atoms with E-state index in [0.29, 0.717) is 13.0 Å². The van der Waals surface area contributed by atoms with Crippen LogP contribution in [0.5, 0.6) is 0 Å². The lowest BCUT2D eigenvalue weighted by atomic mass is 9.84. The van der Waals surface area contributed by atoms with Crippen LogP contribution in [0.3, 0.4) is 0 Å². The van der Waals surface area contributed by atoms with Gasteiger partial charge in [0.25, 0.3) is 0 Å². The van der Waals surface area contributed by atoms with Crippen LogP contribution in [0.2, 0.25) is 0 Å². The molecule has 0 spiro atoms. The SMILES string of the molecule is CCOC1(C(O)Cc2cccc(Br)c2)CCCCCC1. The fourth-order valence-corrected chi connectivity index (χ4v) is 3.71. The second kappa shape index (κ2) is 7.58. The molecule has 3 heteroatoms. The average Bonchev–Trinajstić information content (AvgIpc) is 2.66. The zero-order valence-corrected chi connectivity index (χ0v) is 13.9. The molecule has 0 amide bonds. The highest BCUT2D eigenvalue weighted by atomic mass is 79.9. The van der Waals surface area contributed by atoms with Crippen LogP contribution in [0.1, 0.15) is 51.0 Å². The van der Waals surface area contributed by atoms with Gasteiger partial charge in [-0.05, 0) is 37.5 Å². The maximum absolute atomic E-state index is 10.8. The number of aliphatic hydroxyl groups is 1. The first kappa shape index (κ1) is 16.0. The molecule has 112 valence electrons. The van der Waals surface area contributed by atoms with E-state index in [2.05, 4.69) is 28.1 Å². The minimum absolute atomic E-state index is 0.340. The van der Waals surface area contributed by atoms with Crippen molar-refractivity contribution in [2.75, 3.05) is 6.61 Å². The summed E-state index contributed by atoms with van der Waals surface area (Å²) in [5.74, 6) is 0. The minimum atomic E-state index is -0.421. The molecule has 1 atom stereocenters. The van der Waals surface area contributed by atoms with E-state index in [0.717, 1.165) is 35.7 Å². The average molecular weight is 341 g/mol. The Hall–Kier alpha value is -0.380. The van der Waals surface area contributed by atoms with Crippen molar-refractivity contribution < 1.29 is 9.84 Å². The molecule has 1 aliphatic rings. The van der Waals surface area contributed by atoms with Crippen molar-refractivity contribution >= 4 is 15.9 Å². The molecule has 0 aliphatic heterocycles. The lowest BCUT2D eigenvalue weighted by Gasteiger charge is -2.37. The van der Waals surface area contributed by atoms with Gasteiger partial charge in [-0.2, -0.15) is 0 Å². The van der Waals surface area contributed by atoms with Crippen molar-refractivity contribution in [3.05, 3.63) is 34.3 Å². The molecule has 1 aliphatic carbocycles. The Balaban J connectivity index is 2.11. The summed E-state index contributed by atoms with van der Waals surface area (Å²) in [5.41, 5.74) is 0.823. The summed E-state index contributed by atoms with van der Waals surface area (Å²) >= 11 is 3.49. The van der Waals surface area contributed by atoms with Gasteiger partial charge >= 0.3 is 0 Å². The van der Waals surface area contributed by atoms with Gasteiger partial charge in [0.15, 0.2) is 0 Å². The first-order valence-electron chi connectivity index (χ1n) is 7.73. The summed E-state index contributed by atoms with van der Waals surface area (Å²) in [5, 5.41) is 10.8. The predicted molar refractivity (Wildman–Crippen MR) is 85.9 cm³/mol. The Labute approximate surface area is 130 Å². The fraction of sp³-hybridized carbons (Fsp3) is 0.647. The van der Waals surface area contributed by atoms with E-state index < -0.39 is 6.10 Å². The first-order chi connectivity index (χ1) is 9.66. The molecule has 0 saturated heterocycles. The number of ether oxygens (including phenoxy) is 1. The van der Waals surface area contributed by atoms with Gasteiger partial charge in [0.2, 0.25) is 0 Å². The van der Waals surface area contributed by atoms with Crippen molar-refractivity contribution in [2.24, 2.45) is 0 Å². The highest BCUT2D eigenvalue weighted by Gasteiger charge is 2.38. The van der Waals surface area contributed by atoms with Gasteiger partial charge in [-0.1, -0.05) is 53.7 Å². The molecule has 1 aromatic carbocycles. The first-order valence-corrected chi connectivity index (χ1v) is 8.52. The Morgan fingerprint density at radius 2 is 1.95 bits per heavy atom. The van der Waals surface area contributed by atoms with Crippen LogP contribution < -0.4 is 0 Å². The Bertz CT molecular complexity index is 411. The van der Waals surface area contributed by atoms with Gasteiger partial charge in [0.05, 0.1) is 11.7 Å². The van der Waals surface area contributed by atoms with Crippen molar-refractivity contribution in [1.82, 2.24) is 0 Å². The molecule has 1 N–H and O–H groups in total. The van der Waals surface area contributed by atoms with Gasteiger partial charge < -0.3 is 9.84 Å². The van der Waals surface area contributed by atoms with E-state index in [4.69, 9.17) is 4.74 Å². The summed E-state index contributed by atoms with van der Waals surface area (Å²) in [6, 6.07) is 8.19. The molecule has 0 radical (unpaired) electrons. The van der Waals surface area contributed by atoms with Crippen molar-refractivity contribution in [3.63, 3.8) is 0 Å². The van der Waals surface area contributed by atoms with Crippen LogP contribution in [0.25, 0.3) is 0 Å². The number of aliphatic hydroxyl groups excluding tert-OH is 1. The maximum atomic E-state index is 10.8. The van der Waals surface area contributed by atoms with Crippen molar-refractivity contribution in [3.8, 4) is 0 Å². The van der Waals surface area contributed by atoms with Gasteiger partial charge in [-0.3, -0.25) is 0 Å². The highest BCUT2D eigenvalue weighted by Crippen LogP contribution is 2.35. The third-order valence-corrected chi connectivity index (χ3v) is 4.80. The van der Waals surface area contributed by atoms with Crippen LogP contribution in [0.4, 0.5) is 0 Å². The molecule has 1 fully saturated rings. The van der Waals surface area contributed by atoms with E-state index >= 15 is 0 Å². The second-order valence-electron chi connectivity index (χ2n) is 5.76. The molecule has 1 unspecified atom stereocenters. The minimum Gasteiger partial charge on any atom is -0.390 e. The Morgan fingerprint density at radius 1 is 1.25 bits per heavy atom. The summed E-state index contributed by atoms with van der Waals surface area (Å²) < 4.78 is 7.12. The Morgan fingerprint density at radius 3 is 2.55 bits per heavy atom. The number of hydrogen-bond acceptors (Lipinski definition) is 2. The second-order valence-corrected chi connectivity index (χ2v) is 6.68. The number of benzene rings is 1. The van der Waals surface area contributed by atoms with Crippen LogP contribution in [-0.2, 0) is 11.2 Å². The highest BCUT2D eigenvalue weighted by molar-refractivity contribution is 9.10. The predicted octanol–water partition coefficient (Wildman–Crippen LogP) is 4.48. The van der Waals surface area contributed by atoms with E-state index in [9.17, 15) is 5.11 Å². The van der Waals surface area contributed by atoms with Gasteiger partial charge in [0, 0.05) is 17.5 Å². The maximum Gasteiger partial charge on any atom is 0.0943 e. The van der Waals surface area contributed by atoms with Gasteiger partial charge in [-0.25, -0.2) is 0 Å². The molecule has 1 saturated carbocycles. The van der Waals surface area contributed by atoms with E-state index in [1.807, 2.05) is 19.1 Å². The van der Waals surface area contributed by atoms with Crippen LogP contribution in [-0.4, -0.2) is 23.4 Å². The lowest BCUT2D eigenvalue weighted by molar-refractivity contribution is -0.128. The van der Waals surface area contributed by atoms with Crippen LogP contribution in [0.15, 0.2) is 28.7 Å². The largest absolute Gasteiger partial charge is 0.390 e. The Kier molecular flexibility index (Phi) is 6.06. The van der Waals surface area contributed by atoms with Crippen molar-refractivity contribution in [1.29, 1.82) is 0 Å². The summed E-state index contributed by atoms with van der Waals surface area (Å²) in [7, 11) is 0. The zero-order chi connectivity index (χ0) is 14.4. The van der Waals surface area contributed by atoms with E-state index in [-0.39, 0.29) is 5.60 Å².